The number of nitrogens with zero attached hydrogens (tertiary/aromatic N) is 4. The number of aryl methyl sites for hydroxylation is 3. The Labute approximate surface area is 159 Å². The van der Waals surface area contributed by atoms with Crippen LogP contribution in [0.15, 0.2) is 33.9 Å². The van der Waals surface area contributed by atoms with Crippen LogP contribution in [-0.4, -0.2) is 18.7 Å². The molecule has 0 atom stereocenters. The van der Waals surface area contributed by atoms with Gasteiger partial charge in [-0.25, -0.2) is 9.78 Å². The molecule has 0 spiro atoms. The Balaban J connectivity index is 2.18. The molecule has 0 fully saturated rings. The summed E-state index contributed by atoms with van der Waals surface area (Å²) in [4.78, 5) is 30.7. The Hall–Kier alpha value is -2.63. The number of rotatable bonds is 6. The number of fused-ring (bicyclic) bond motifs is 1. The molecule has 0 saturated heterocycles. The fourth-order valence-electron chi connectivity index (χ4n) is 3.48. The molecule has 0 aliphatic heterocycles. The van der Waals surface area contributed by atoms with Gasteiger partial charge in [-0.3, -0.25) is 13.9 Å². The second-order valence-corrected chi connectivity index (χ2v) is 7.33. The second kappa shape index (κ2) is 7.55. The largest absolute Gasteiger partial charge is 0.333 e. The third-order valence-electron chi connectivity index (χ3n) is 5.09. The lowest BCUT2D eigenvalue weighted by Gasteiger charge is -2.12. The molecule has 1 aromatic carbocycles. The van der Waals surface area contributed by atoms with Crippen LogP contribution in [0.5, 0.6) is 0 Å². The Morgan fingerprint density at radius 1 is 1.04 bits per heavy atom. The summed E-state index contributed by atoms with van der Waals surface area (Å²) in [7, 11) is 1.85. The van der Waals surface area contributed by atoms with Crippen LogP contribution in [0.1, 0.15) is 57.0 Å². The van der Waals surface area contributed by atoms with Gasteiger partial charge in [0.15, 0.2) is 11.2 Å². The van der Waals surface area contributed by atoms with Crippen LogP contribution in [0.2, 0.25) is 0 Å². The molecule has 6 heteroatoms. The SMILES string of the molecule is CCCn1c(=O)n(Cc2ccc(C(C)C)cc2)c(=O)c2c1nc(CC)n2C. The van der Waals surface area contributed by atoms with Crippen molar-refractivity contribution in [3.8, 4) is 0 Å². The molecule has 3 aromatic rings. The van der Waals surface area contributed by atoms with Gasteiger partial charge in [0.05, 0.1) is 6.54 Å². The Bertz CT molecular complexity index is 1070. The van der Waals surface area contributed by atoms with Crippen molar-refractivity contribution in [3.05, 3.63) is 62.1 Å². The Morgan fingerprint density at radius 3 is 2.26 bits per heavy atom. The Kier molecular flexibility index (Phi) is 5.35. The molecule has 2 aromatic heterocycles. The van der Waals surface area contributed by atoms with E-state index in [0.29, 0.717) is 30.0 Å². The summed E-state index contributed by atoms with van der Waals surface area (Å²) in [6.45, 7) is 9.11. The van der Waals surface area contributed by atoms with Crippen molar-refractivity contribution in [3.63, 3.8) is 0 Å². The smallest absolute Gasteiger partial charge is 0.325 e. The maximum absolute atomic E-state index is 13.1. The predicted octanol–water partition coefficient (Wildman–Crippen LogP) is 3.04. The molecular formula is C21H28N4O2. The van der Waals surface area contributed by atoms with Gasteiger partial charge in [-0.15, -0.1) is 0 Å². The van der Waals surface area contributed by atoms with Gasteiger partial charge in [-0.1, -0.05) is 52.0 Å². The lowest BCUT2D eigenvalue weighted by atomic mass is 10.0. The van der Waals surface area contributed by atoms with Crippen LogP contribution < -0.4 is 11.2 Å². The fourth-order valence-corrected chi connectivity index (χ4v) is 3.48. The van der Waals surface area contributed by atoms with Crippen LogP contribution in [0.3, 0.4) is 0 Å². The van der Waals surface area contributed by atoms with Gasteiger partial charge in [-0.05, 0) is 23.5 Å². The number of aromatic nitrogens is 4. The molecular weight excluding hydrogens is 340 g/mol. The molecule has 0 amide bonds. The average molecular weight is 368 g/mol. The van der Waals surface area contributed by atoms with E-state index in [4.69, 9.17) is 0 Å². The van der Waals surface area contributed by atoms with E-state index in [1.54, 1.807) is 4.57 Å². The van der Waals surface area contributed by atoms with Gasteiger partial charge in [-0.2, -0.15) is 0 Å². The van der Waals surface area contributed by atoms with Crippen LogP contribution in [-0.2, 0) is 26.6 Å². The fraction of sp³-hybridized carbons (Fsp3) is 0.476. The van der Waals surface area contributed by atoms with Gasteiger partial charge in [0.1, 0.15) is 5.82 Å². The van der Waals surface area contributed by atoms with E-state index in [1.807, 2.05) is 37.6 Å². The van der Waals surface area contributed by atoms with Crippen LogP contribution in [0.25, 0.3) is 11.2 Å². The van der Waals surface area contributed by atoms with Crippen molar-refractivity contribution in [1.82, 2.24) is 18.7 Å². The van der Waals surface area contributed by atoms with Crippen molar-refractivity contribution in [2.75, 3.05) is 0 Å². The highest BCUT2D eigenvalue weighted by Crippen LogP contribution is 2.15. The number of hydrogen-bond acceptors (Lipinski definition) is 3. The minimum Gasteiger partial charge on any atom is -0.325 e. The molecule has 6 nitrogen and oxygen atoms in total. The highest BCUT2D eigenvalue weighted by atomic mass is 16.2. The summed E-state index contributed by atoms with van der Waals surface area (Å²) in [5.41, 5.74) is 2.62. The first-order chi connectivity index (χ1) is 12.9. The van der Waals surface area contributed by atoms with E-state index in [2.05, 4.69) is 31.0 Å². The zero-order valence-electron chi connectivity index (χ0n) is 16.8. The molecule has 0 saturated carbocycles. The third-order valence-corrected chi connectivity index (χ3v) is 5.09. The molecule has 3 rings (SSSR count). The van der Waals surface area contributed by atoms with E-state index < -0.39 is 0 Å². The number of hydrogen-bond donors (Lipinski definition) is 0. The normalized spacial score (nSPS) is 11.6. The summed E-state index contributed by atoms with van der Waals surface area (Å²) in [5.74, 6) is 1.26. The predicted molar refractivity (Wildman–Crippen MR) is 109 cm³/mol. The van der Waals surface area contributed by atoms with E-state index in [9.17, 15) is 9.59 Å². The molecule has 0 radical (unpaired) electrons. The maximum atomic E-state index is 13.1. The quantitative estimate of drug-likeness (QED) is 0.672. The lowest BCUT2D eigenvalue weighted by Crippen LogP contribution is -2.40. The van der Waals surface area contributed by atoms with Gasteiger partial charge >= 0.3 is 5.69 Å². The van der Waals surface area contributed by atoms with E-state index in [0.717, 1.165) is 17.8 Å². The summed E-state index contributed by atoms with van der Waals surface area (Å²) in [6.07, 6.45) is 1.51. The first-order valence-electron chi connectivity index (χ1n) is 9.66. The minimum atomic E-state index is -0.289. The van der Waals surface area contributed by atoms with Crippen LogP contribution in [0.4, 0.5) is 0 Å². The summed E-state index contributed by atoms with van der Waals surface area (Å²) in [5, 5.41) is 0. The monoisotopic (exact) mass is 368 g/mol. The highest BCUT2D eigenvalue weighted by Gasteiger charge is 2.19. The summed E-state index contributed by atoms with van der Waals surface area (Å²) >= 11 is 0. The van der Waals surface area contributed by atoms with Crippen LogP contribution >= 0.6 is 0 Å². The maximum Gasteiger partial charge on any atom is 0.333 e. The highest BCUT2D eigenvalue weighted by molar-refractivity contribution is 5.71. The topological polar surface area (TPSA) is 61.8 Å². The second-order valence-electron chi connectivity index (χ2n) is 7.33. The van der Waals surface area contributed by atoms with Crippen molar-refractivity contribution in [1.29, 1.82) is 0 Å². The first kappa shape index (κ1) is 19.1. The van der Waals surface area contributed by atoms with Gasteiger partial charge in [0, 0.05) is 20.0 Å². The molecule has 2 heterocycles. The van der Waals surface area contributed by atoms with E-state index >= 15 is 0 Å². The average Bonchev–Trinajstić information content (AvgIpc) is 2.99. The van der Waals surface area contributed by atoms with Crippen LogP contribution in [0, 0.1) is 0 Å². The molecule has 0 N–H and O–H groups in total. The van der Waals surface area contributed by atoms with Gasteiger partial charge < -0.3 is 4.57 Å². The third kappa shape index (κ3) is 3.36. The zero-order chi connectivity index (χ0) is 19.7. The number of imidazole rings is 1. The Morgan fingerprint density at radius 2 is 1.70 bits per heavy atom. The van der Waals surface area contributed by atoms with Crippen molar-refractivity contribution in [2.24, 2.45) is 7.05 Å². The molecule has 0 aliphatic rings. The van der Waals surface area contributed by atoms with Gasteiger partial charge in [0.2, 0.25) is 0 Å². The summed E-state index contributed by atoms with van der Waals surface area (Å²) < 4.78 is 4.80. The van der Waals surface area contributed by atoms with Crippen molar-refractivity contribution >= 4 is 11.2 Å². The molecule has 144 valence electrons. The minimum absolute atomic E-state index is 0.266. The number of benzene rings is 1. The van der Waals surface area contributed by atoms with E-state index in [1.165, 1.54) is 10.1 Å². The molecule has 0 bridgehead atoms. The lowest BCUT2D eigenvalue weighted by molar-refractivity contribution is 0.588. The molecule has 0 unspecified atom stereocenters. The first-order valence-corrected chi connectivity index (χ1v) is 9.66. The van der Waals surface area contributed by atoms with Gasteiger partial charge in [0.25, 0.3) is 5.56 Å². The molecule has 0 aliphatic carbocycles. The molecule has 27 heavy (non-hydrogen) atoms. The standard InChI is InChI=1S/C21H28N4O2/c1-6-12-24-19-18(23(5)17(7-2)22-19)20(26)25(21(24)27)13-15-8-10-16(11-9-15)14(3)4/h8-11,14H,6-7,12-13H2,1-5H3. The summed E-state index contributed by atoms with van der Waals surface area (Å²) in [6, 6.07) is 8.12. The van der Waals surface area contributed by atoms with Crippen molar-refractivity contribution in [2.45, 2.75) is 59.5 Å². The van der Waals surface area contributed by atoms with E-state index in [-0.39, 0.29) is 17.8 Å². The zero-order valence-corrected chi connectivity index (χ0v) is 16.8. The van der Waals surface area contributed by atoms with Crippen molar-refractivity contribution < 1.29 is 0 Å².